The molecule has 1 rings (SSSR count). The largest absolute Gasteiger partial charge is 0.476 e. The molecule has 106 valence electrons. The topological polar surface area (TPSA) is 123 Å². The fraction of sp³-hybridized carbons (Fsp3) is 1.00. The molecule has 0 bridgehead atoms. The van der Waals surface area contributed by atoms with Crippen molar-refractivity contribution in [2.45, 2.75) is 25.1 Å². The molecule has 0 aromatic heterocycles. The standard InChI is InChI=1S/C7H17BO8P2/c1-4-6(9)5(15-7(4)8)3-14-17(2,10)16-18(11,12)13/h4-7,9H,3,8H2,1-2H3,(H2,11,12,13)/t4?,5-,6+,7-,17?/m1/s1. The van der Waals surface area contributed by atoms with Crippen molar-refractivity contribution >= 4 is 23.3 Å². The number of rotatable bonds is 5. The SMILES string of the molecule is B[C@@H]1O[C@H](COP(C)(=O)OP(=O)(O)O)[C@@H](O)C1C. The van der Waals surface area contributed by atoms with Crippen LogP contribution in [0.5, 0.6) is 0 Å². The minimum absolute atomic E-state index is 0.0995. The van der Waals surface area contributed by atoms with Gasteiger partial charge in [0, 0.05) is 18.6 Å². The Morgan fingerprint density at radius 3 is 2.33 bits per heavy atom. The molecule has 0 amide bonds. The number of hydrogen-bond donors (Lipinski definition) is 3. The lowest BCUT2D eigenvalue weighted by molar-refractivity contribution is -0.000219. The smallest absolute Gasteiger partial charge is 0.390 e. The van der Waals surface area contributed by atoms with Crippen molar-refractivity contribution in [3.8, 4) is 0 Å². The molecule has 18 heavy (non-hydrogen) atoms. The highest BCUT2D eigenvalue weighted by molar-refractivity contribution is 7.63. The predicted octanol–water partition coefficient (Wildman–Crippen LogP) is -0.710. The summed E-state index contributed by atoms with van der Waals surface area (Å²) in [5.74, 6) is -0.0995. The van der Waals surface area contributed by atoms with Crippen LogP contribution in [-0.4, -0.2) is 54.2 Å². The van der Waals surface area contributed by atoms with Crippen LogP contribution in [0.1, 0.15) is 6.92 Å². The summed E-state index contributed by atoms with van der Waals surface area (Å²) in [5.41, 5.74) is 0. The van der Waals surface area contributed by atoms with Gasteiger partial charge >= 0.3 is 15.4 Å². The Bertz CT molecular complexity index is 384. The maximum absolute atomic E-state index is 11.6. The molecule has 8 nitrogen and oxygen atoms in total. The third-order valence-corrected chi connectivity index (χ3v) is 5.43. The molecule has 1 fully saturated rings. The van der Waals surface area contributed by atoms with Crippen molar-refractivity contribution < 1.29 is 37.6 Å². The van der Waals surface area contributed by atoms with Crippen LogP contribution in [0.2, 0.25) is 0 Å². The Kier molecular flexibility index (Phi) is 5.20. The van der Waals surface area contributed by atoms with E-state index >= 15 is 0 Å². The molecule has 0 aromatic rings. The van der Waals surface area contributed by atoms with E-state index in [9.17, 15) is 14.2 Å². The summed E-state index contributed by atoms with van der Waals surface area (Å²) < 4.78 is 36.3. The van der Waals surface area contributed by atoms with Crippen LogP contribution in [0.4, 0.5) is 0 Å². The molecule has 2 unspecified atom stereocenters. The van der Waals surface area contributed by atoms with Crippen LogP contribution in [0.25, 0.3) is 0 Å². The average molecular weight is 302 g/mol. The van der Waals surface area contributed by atoms with Crippen LogP contribution in [-0.2, 0) is 22.7 Å². The fourth-order valence-electron chi connectivity index (χ4n) is 1.66. The summed E-state index contributed by atoms with van der Waals surface area (Å²) in [6, 6.07) is -0.174. The van der Waals surface area contributed by atoms with E-state index in [2.05, 4.69) is 4.31 Å². The second kappa shape index (κ2) is 5.73. The van der Waals surface area contributed by atoms with E-state index < -0.39 is 27.6 Å². The monoisotopic (exact) mass is 302 g/mol. The number of aliphatic hydroxyl groups excluding tert-OH is 1. The lowest BCUT2D eigenvalue weighted by Gasteiger charge is -2.19. The number of ether oxygens (including phenoxy) is 1. The summed E-state index contributed by atoms with van der Waals surface area (Å²) in [5, 5.41) is 9.77. The molecule has 0 aromatic carbocycles. The lowest BCUT2D eigenvalue weighted by Crippen LogP contribution is -2.29. The van der Waals surface area contributed by atoms with Crippen molar-refractivity contribution in [1.29, 1.82) is 0 Å². The van der Waals surface area contributed by atoms with E-state index in [1.165, 1.54) is 0 Å². The number of aliphatic hydroxyl groups is 1. The third-order valence-electron chi connectivity index (χ3n) is 2.78. The minimum atomic E-state index is -4.88. The predicted molar refractivity (Wildman–Crippen MR) is 65.0 cm³/mol. The van der Waals surface area contributed by atoms with E-state index in [1.54, 1.807) is 14.8 Å². The highest BCUT2D eigenvalue weighted by Gasteiger charge is 2.40. The lowest BCUT2D eigenvalue weighted by atomic mass is 9.86. The zero-order valence-corrected chi connectivity index (χ0v) is 12.1. The zero-order valence-electron chi connectivity index (χ0n) is 10.3. The summed E-state index contributed by atoms with van der Waals surface area (Å²) in [4.78, 5) is 17.1. The van der Waals surface area contributed by atoms with Gasteiger partial charge in [0.15, 0.2) is 0 Å². The molecule has 0 radical (unpaired) electrons. The average Bonchev–Trinajstić information content (AvgIpc) is 2.39. The van der Waals surface area contributed by atoms with Gasteiger partial charge in [-0.1, -0.05) is 6.92 Å². The van der Waals surface area contributed by atoms with Gasteiger partial charge in [0.2, 0.25) is 0 Å². The first-order valence-corrected chi connectivity index (χ1v) is 8.86. The van der Waals surface area contributed by atoms with Crippen molar-refractivity contribution in [1.82, 2.24) is 0 Å². The number of hydrogen-bond acceptors (Lipinski definition) is 6. The Labute approximate surface area is 106 Å². The van der Waals surface area contributed by atoms with Crippen molar-refractivity contribution in [3.05, 3.63) is 0 Å². The van der Waals surface area contributed by atoms with Crippen molar-refractivity contribution in [2.75, 3.05) is 13.3 Å². The summed E-state index contributed by atoms with van der Waals surface area (Å²) >= 11 is 0. The molecule has 0 aliphatic carbocycles. The molecular weight excluding hydrogens is 285 g/mol. The summed E-state index contributed by atoms with van der Waals surface area (Å²) in [6.45, 7) is 2.48. The molecule has 1 aliphatic rings. The molecule has 1 aliphatic heterocycles. The van der Waals surface area contributed by atoms with Gasteiger partial charge in [-0.2, -0.15) is 0 Å². The van der Waals surface area contributed by atoms with E-state index in [4.69, 9.17) is 19.0 Å². The molecule has 5 atom stereocenters. The van der Waals surface area contributed by atoms with Crippen molar-refractivity contribution in [2.24, 2.45) is 5.92 Å². The van der Waals surface area contributed by atoms with E-state index in [0.29, 0.717) is 0 Å². The second-order valence-corrected chi connectivity index (χ2v) is 7.80. The maximum Gasteiger partial charge on any atom is 0.476 e. The van der Waals surface area contributed by atoms with Gasteiger partial charge in [-0.3, -0.25) is 4.57 Å². The Balaban J connectivity index is 2.51. The van der Waals surface area contributed by atoms with Gasteiger partial charge in [0.1, 0.15) is 14.0 Å². The van der Waals surface area contributed by atoms with Gasteiger partial charge in [-0.25, -0.2) is 8.88 Å². The zero-order chi connectivity index (χ0) is 14.1. The fourth-order valence-corrected chi connectivity index (χ4v) is 3.81. The first-order valence-electron chi connectivity index (χ1n) is 5.34. The minimum Gasteiger partial charge on any atom is -0.390 e. The first-order chi connectivity index (χ1) is 8.02. The van der Waals surface area contributed by atoms with Crippen LogP contribution in [0.15, 0.2) is 0 Å². The van der Waals surface area contributed by atoms with Gasteiger partial charge in [-0.05, 0) is 0 Å². The Hall–Kier alpha value is 0.285. The highest BCUT2D eigenvalue weighted by atomic mass is 31.3. The molecule has 0 saturated carbocycles. The highest BCUT2D eigenvalue weighted by Crippen LogP contribution is 2.58. The van der Waals surface area contributed by atoms with Gasteiger partial charge < -0.3 is 24.2 Å². The van der Waals surface area contributed by atoms with Crippen LogP contribution >= 0.6 is 15.4 Å². The van der Waals surface area contributed by atoms with E-state index in [1.807, 2.05) is 0 Å². The maximum atomic E-state index is 11.6. The summed E-state index contributed by atoms with van der Waals surface area (Å²) in [6.07, 6.45) is -1.47. The molecule has 3 N–H and O–H groups in total. The molecular formula is C7H17BO8P2. The molecule has 11 heteroatoms. The van der Waals surface area contributed by atoms with Gasteiger partial charge in [-0.15, -0.1) is 0 Å². The van der Waals surface area contributed by atoms with Crippen LogP contribution in [0, 0.1) is 5.92 Å². The van der Waals surface area contributed by atoms with Gasteiger partial charge in [0.25, 0.3) is 0 Å². The van der Waals surface area contributed by atoms with Crippen LogP contribution in [0.3, 0.4) is 0 Å². The quantitative estimate of drug-likeness (QED) is 0.449. The first kappa shape index (κ1) is 16.3. The third kappa shape index (κ3) is 4.76. The molecule has 1 saturated heterocycles. The Morgan fingerprint density at radius 2 is 1.94 bits per heavy atom. The second-order valence-electron chi connectivity index (χ2n) is 4.37. The Morgan fingerprint density at radius 1 is 1.39 bits per heavy atom. The van der Waals surface area contributed by atoms with Gasteiger partial charge in [0.05, 0.1) is 12.7 Å². The van der Waals surface area contributed by atoms with E-state index in [-0.39, 0.29) is 18.5 Å². The van der Waals surface area contributed by atoms with Crippen molar-refractivity contribution in [3.63, 3.8) is 0 Å². The van der Waals surface area contributed by atoms with Crippen LogP contribution < -0.4 is 0 Å². The molecule has 0 spiro atoms. The normalized spacial score (nSPS) is 36.5. The number of phosphoric acid groups is 1. The molecule has 1 heterocycles. The van der Waals surface area contributed by atoms with E-state index in [0.717, 1.165) is 6.66 Å². The summed E-state index contributed by atoms with van der Waals surface area (Å²) in [7, 11) is -6.98.